The van der Waals surface area contributed by atoms with Gasteiger partial charge in [0.05, 0.1) is 12.6 Å². The highest BCUT2D eigenvalue weighted by Crippen LogP contribution is 2.20. The molecule has 15 nitrogen and oxygen atoms in total. The van der Waals surface area contributed by atoms with Crippen LogP contribution in [0.2, 0.25) is 0 Å². The first-order valence-electron chi connectivity index (χ1n) is 16.4. The van der Waals surface area contributed by atoms with Crippen molar-refractivity contribution in [1.82, 2.24) is 31.6 Å². The molecule has 1 saturated heterocycles. The van der Waals surface area contributed by atoms with E-state index in [-0.39, 0.29) is 31.4 Å². The average molecular weight is 697 g/mol. The van der Waals surface area contributed by atoms with E-state index in [2.05, 4.69) is 31.6 Å². The predicted molar refractivity (Wildman–Crippen MR) is 186 cm³/mol. The van der Waals surface area contributed by atoms with E-state index in [1.165, 1.54) is 12.1 Å². The zero-order valence-electron chi connectivity index (χ0n) is 27.6. The Bertz CT molecular complexity index is 1900. The van der Waals surface area contributed by atoms with Crippen LogP contribution in [0.25, 0.3) is 10.9 Å². The first-order chi connectivity index (χ1) is 24.5. The molecule has 0 radical (unpaired) electrons. The maximum absolute atomic E-state index is 13.6. The van der Waals surface area contributed by atoms with Gasteiger partial charge < -0.3 is 48.1 Å². The number of fused-ring (bicyclic) bond motifs is 1. The molecular formula is C36H40N8O7. The molecular weight excluding hydrogens is 656 g/mol. The number of para-hydroxylation sites is 1. The Morgan fingerprint density at radius 2 is 1.47 bits per heavy atom. The topological polar surface area (TPSA) is 251 Å². The molecule has 0 aliphatic carbocycles. The summed E-state index contributed by atoms with van der Waals surface area (Å²) in [5, 5.41) is 23.4. The molecule has 5 atom stereocenters. The number of rotatable bonds is 15. The molecule has 2 heterocycles. The number of hydrogen-bond donors (Lipinski definition) is 9. The molecule has 6 amide bonds. The number of carbonyl (C=O) groups excluding carboxylic acids is 6. The van der Waals surface area contributed by atoms with Gasteiger partial charge in [-0.15, -0.1) is 0 Å². The number of hydrogen-bond acceptors (Lipinski definition) is 8. The standard InChI is InChI=1S/C36H40N8O7/c37-25(14-21-10-12-23(45)13-11-21)32(47)41-27(15-20-6-2-1-3-7-20)34(49)43-30-17-29(44-36(30)51)35(50)42-28(33(48)40-19-31(38)46)16-22-18-39-26-9-5-4-8-24(22)26/h1-13,18,25,27-30,39,45H,14-17,19,37H2,(H2,38,46)(H,40,48)(H,41,47)(H,42,50)(H,43,49)(H,44,51)/t25-,27-,28-,29-,30+/m0/s1. The SMILES string of the molecule is NC(=O)CNC(=O)[C@H](Cc1c[nH]c2ccccc12)NC(=O)[C@@H]1C[C@@H](NC(=O)[C@H](Cc2ccccc2)NC(=O)[C@@H](N)Cc2ccc(O)cc2)C(=O)N1. The Labute approximate surface area is 292 Å². The molecule has 3 aromatic carbocycles. The van der Waals surface area contributed by atoms with Crippen LogP contribution in [0.5, 0.6) is 5.75 Å². The molecule has 1 aliphatic heterocycles. The molecule has 15 heteroatoms. The van der Waals surface area contributed by atoms with Crippen molar-refractivity contribution in [2.75, 3.05) is 6.54 Å². The van der Waals surface area contributed by atoms with Gasteiger partial charge in [-0.2, -0.15) is 0 Å². The number of phenols is 1. The number of aromatic hydroxyl groups is 1. The molecule has 0 bridgehead atoms. The van der Waals surface area contributed by atoms with Gasteiger partial charge in [0.1, 0.15) is 29.9 Å². The Hall–Kier alpha value is -6.22. The number of nitrogens with one attached hydrogen (secondary N) is 6. The van der Waals surface area contributed by atoms with Gasteiger partial charge in [-0.05, 0) is 41.3 Å². The van der Waals surface area contributed by atoms with Crippen LogP contribution in [0.15, 0.2) is 85.1 Å². The van der Waals surface area contributed by atoms with Crippen LogP contribution in [0, 0.1) is 0 Å². The van der Waals surface area contributed by atoms with Gasteiger partial charge in [-0.25, -0.2) is 0 Å². The van der Waals surface area contributed by atoms with Gasteiger partial charge >= 0.3 is 0 Å². The van der Waals surface area contributed by atoms with Crippen LogP contribution in [0.1, 0.15) is 23.1 Å². The minimum atomic E-state index is -1.13. The summed E-state index contributed by atoms with van der Waals surface area (Å²) < 4.78 is 0. The van der Waals surface area contributed by atoms with E-state index in [1.807, 2.05) is 30.3 Å². The zero-order valence-corrected chi connectivity index (χ0v) is 27.6. The number of benzene rings is 3. The minimum absolute atomic E-state index is 0.0664. The van der Waals surface area contributed by atoms with E-state index in [0.717, 1.165) is 22.0 Å². The second-order valence-electron chi connectivity index (χ2n) is 12.4. The first-order valence-corrected chi connectivity index (χ1v) is 16.4. The van der Waals surface area contributed by atoms with E-state index in [0.29, 0.717) is 5.56 Å². The lowest BCUT2D eigenvalue weighted by atomic mass is 10.0. The molecule has 4 aromatic rings. The van der Waals surface area contributed by atoms with E-state index < -0.39 is 72.2 Å². The van der Waals surface area contributed by atoms with Crippen LogP contribution in [0.3, 0.4) is 0 Å². The van der Waals surface area contributed by atoms with Crippen molar-refractivity contribution in [3.63, 3.8) is 0 Å². The molecule has 1 aromatic heterocycles. The van der Waals surface area contributed by atoms with Gasteiger partial charge in [-0.3, -0.25) is 28.8 Å². The van der Waals surface area contributed by atoms with E-state index in [4.69, 9.17) is 11.5 Å². The second-order valence-corrected chi connectivity index (χ2v) is 12.4. The Morgan fingerprint density at radius 1 is 0.804 bits per heavy atom. The van der Waals surface area contributed by atoms with Gasteiger partial charge in [-0.1, -0.05) is 60.7 Å². The highest BCUT2D eigenvalue weighted by molar-refractivity contribution is 5.99. The number of phenolic OH excluding ortho intramolecular Hbond substituents is 1. The highest BCUT2D eigenvalue weighted by atomic mass is 16.3. The van der Waals surface area contributed by atoms with Crippen LogP contribution < -0.4 is 38.1 Å². The highest BCUT2D eigenvalue weighted by Gasteiger charge is 2.39. The maximum Gasteiger partial charge on any atom is 0.243 e. The van der Waals surface area contributed by atoms with E-state index in [1.54, 1.807) is 42.6 Å². The number of H-pyrrole nitrogens is 1. The summed E-state index contributed by atoms with van der Waals surface area (Å²) in [4.78, 5) is 80.7. The largest absolute Gasteiger partial charge is 0.508 e. The summed E-state index contributed by atoms with van der Waals surface area (Å²) in [7, 11) is 0. The molecule has 0 unspecified atom stereocenters. The monoisotopic (exact) mass is 696 g/mol. The lowest BCUT2D eigenvalue weighted by molar-refractivity contribution is -0.131. The van der Waals surface area contributed by atoms with Gasteiger partial charge in [0.15, 0.2) is 0 Å². The van der Waals surface area contributed by atoms with Crippen LogP contribution in [-0.4, -0.2) is 82.3 Å². The normalized spacial score (nSPS) is 17.1. The molecule has 11 N–H and O–H groups in total. The molecule has 0 saturated carbocycles. The van der Waals surface area contributed by atoms with Crippen molar-refractivity contribution in [3.05, 3.63) is 102 Å². The smallest absolute Gasteiger partial charge is 0.243 e. The maximum atomic E-state index is 13.6. The molecule has 1 fully saturated rings. The Balaban J connectivity index is 1.24. The number of nitrogens with two attached hydrogens (primary N) is 2. The van der Waals surface area contributed by atoms with Gasteiger partial charge in [0, 0.05) is 36.4 Å². The number of primary amides is 1. The Kier molecular flexibility index (Phi) is 11.6. The second kappa shape index (κ2) is 16.5. The summed E-state index contributed by atoms with van der Waals surface area (Å²) in [6.07, 6.45) is 1.90. The molecule has 266 valence electrons. The number of carbonyl (C=O) groups is 6. The van der Waals surface area contributed by atoms with Crippen molar-refractivity contribution < 1.29 is 33.9 Å². The average Bonchev–Trinajstić information content (AvgIpc) is 3.70. The summed E-state index contributed by atoms with van der Waals surface area (Å²) in [6.45, 7) is -0.435. The summed E-state index contributed by atoms with van der Waals surface area (Å²) in [5.41, 5.74) is 14.4. The third kappa shape index (κ3) is 9.70. The lowest BCUT2D eigenvalue weighted by Gasteiger charge is -2.22. The predicted octanol–water partition coefficient (Wildman–Crippen LogP) is -0.827. The fourth-order valence-electron chi connectivity index (χ4n) is 5.86. The lowest BCUT2D eigenvalue weighted by Crippen LogP contribution is -2.55. The van der Waals surface area contributed by atoms with Crippen molar-refractivity contribution in [3.8, 4) is 5.75 Å². The van der Waals surface area contributed by atoms with Crippen LogP contribution >= 0.6 is 0 Å². The third-order valence-electron chi connectivity index (χ3n) is 8.55. The first kappa shape index (κ1) is 36.1. The number of amides is 6. The fourth-order valence-corrected chi connectivity index (χ4v) is 5.86. The van der Waals surface area contributed by atoms with E-state index in [9.17, 15) is 33.9 Å². The quantitative estimate of drug-likeness (QED) is 0.0757. The van der Waals surface area contributed by atoms with Crippen LogP contribution in [0.4, 0.5) is 0 Å². The van der Waals surface area contributed by atoms with Crippen molar-refractivity contribution in [1.29, 1.82) is 0 Å². The summed E-state index contributed by atoms with van der Waals surface area (Å²) in [6, 6.07) is 17.2. The number of aromatic amines is 1. The van der Waals surface area contributed by atoms with E-state index >= 15 is 0 Å². The molecule has 5 rings (SSSR count). The molecule has 0 spiro atoms. The van der Waals surface area contributed by atoms with Crippen molar-refractivity contribution >= 4 is 46.3 Å². The molecule has 51 heavy (non-hydrogen) atoms. The molecule has 1 aliphatic rings. The minimum Gasteiger partial charge on any atom is -0.508 e. The summed E-state index contributed by atoms with van der Waals surface area (Å²) >= 11 is 0. The fraction of sp³-hybridized carbons (Fsp3) is 0.278. The Morgan fingerprint density at radius 3 is 2.20 bits per heavy atom. The summed E-state index contributed by atoms with van der Waals surface area (Å²) in [5.74, 6) is -3.88. The van der Waals surface area contributed by atoms with Crippen molar-refractivity contribution in [2.45, 2.75) is 55.9 Å². The van der Waals surface area contributed by atoms with Crippen molar-refractivity contribution in [2.24, 2.45) is 11.5 Å². The van der Waals surface area contributed by atoms with Crippen LogP contribution in [-0.2, 0) is 48.0 Å². The third-order valence-corrected chi connectivity index (χ3v) is 8.55. The number of aromatic nitrogens is 1. The zero-order chi connectivity index (χ0) is 36.5. The van der Waals surface area contributed by atoms with Gasteiger partial charge in [0.25, 0.3) is 0 Å². The van der Waals surface area contributed by atoms with Gasteiger partial charge in [0.2, 0.25) is 35.4 Å².